The molecular weight excluding hydrogens is 392 g/mol. The average Bonchev–Trinajstić information content (AvgIpc) is 3.09. The lowest BCUT2D eigenvalue weighted by Crippen LogP contribution is -2.32. The van der Waals surface area contributed by atoms with Gasteiger partial charge in [0.1, 0.15) is 0 Å². The molecule has 2 atom stereocenters. The zero-order chi connectivity index (χ0) is 23.0. The molecule has 2 saturated carbocycles. The summed E-state index contributed by atoms with van der Waals surface area (Å²) >= 11 is 0. The molecule has 1 aromatic carbocycles. The van der Waals surface area contributed by atoms with Crippen LogP contribution in [0.5, 0.6) is 0 Å². The van der Waals surface area contributed by atoms with Crippen LogP contribution in [0.3, 0.4) is 0 Å². The summed E-state index contributed by atoms with van der Waals surface area (Å²) in [4.78, 5) is 13.0. The highest BCUT2D eigenvalue weighted by atomic mass is 16.5. The minimum Gasteiger partial charge on any atom is -0.377 e. The molecule has 3 rings (SSSR count). The summed E-state index contributed by atoms with van der Waals surface area (Å²) in [6.07, 6.45) is 17.9. The number of benzene rings is 1. The Kier molecular flexibility index (Phi) is 9.17. The van der Waals surface area contributed by atoms with E-state index in [0.717, 1.165) is 37.0 Å². The number of fused-ring (bicyclic) bond motifs is 2. The Bertz CT molecular complexity index is 758. The first-order chi connectivity index (χ1) is 15.4. The number of ether oxygens (including phenoxy) is 1. The molecule has 178 valence electrons. The van der Waals surface area contributed by atoms with Crippen molar-refractivity contribution in [1.29, 1.82) is 0 Å². The van der Waals surface area contributed by atoms with Crippen LogP contribution in [0.2, 0.25) is 0 Å². The summed E-state index contributed by atoms with van der Waals surface area (Å²) in [5, 5.41) is 0. The lowest BCUT2D eigenvalue weighted by atomic mass is 9.70. The predicted octanol–water partition coefficient (Wildman–Crippen LogP) is 8.53. The molecule has 2 fully saturated rings. The smallest absolute Gasteiger partial charge is 0.165 e. The summed E-state index contributed by atoms with van der Waals surface area (Å²) in [7, 11) is 0. The zero-order valence-electron chi connectivity index (χ0n) is 21.2. The monoisotopic (exact) mass is 438 g/mol. The van der Waals surface area contributed by atoms with E-state index < -0.39 is 0 Å². The van der Waals surface area contributed by atoms with Gasteiger partial charge in [0.05, 0.1) is 6.61 Å². The number of hydrogen-bond acceptors (Lipinski definition) is 2. The van der Waals surface area contributed by atoms with Gasteiger partial charge in [-0.25, -0.2) is 0 Å². The van der Waals surface area contributed by atoms with Crippen molar-refractivity contribution in [2.75, 3.05) is 6.61 Å². The van der Waals surface area contributed by atoms with E-state index in [2.05, 4.69) is 58.0 Å². The molecule has 0 aromatic heterocycles. The standard InChI is InChI=1S/C30H46O2/c1-5-6-7-8-9-10-11-12-13-14-21-32-23-25-17-15-24(16-18-25)22-26-27-19-20-30(4,28(26)31)29(27,2)3/h15-18,22,27H,5-14,19-21,23H2,1-4H3/b26-22-. The second-order valence-electron chi connectivity index (χ2n) is 11.1. The van der Waals surface area contributed by atoms with Gasteiger partial charge in [-0.15, -0.1) is 0 Å². The van der Waals surface area contributed by atoms with Gasteiger partial charge in [0.25, 0.3) is 0 Å². The van der Waals surface area contributed by atoms with Crippen LogP contribution in [-0.2, 0) is 16.1 Å². The minimum atomic E-state index is -0.175. The first kappa shape index (κ1) is 25.2. The van der Waals surface area contributed by atoms with Crippen LogP contribution in [0.1, 0.15) is 116 Å². The molecule has 2 aliphatic carbocycles. The third-order valence-electron chi connectivity index (χ3n) is 8.58. The van der Waals surface area contributed by atoms with Gasteiger partial charge in [0, 0.05) is 12.0 Å². The van der Waals surface area contributed by atoms with Gasteiger partial charge in [0.15, 0.2) is 5.78 Å². The molecule has 2 bridgehead atoms. The summed E-state index contributed by atoms with van der Waals surface area (Å²) in [5.41, 5.74) is 3.31. The van der Waals surface area contributed by atoms with E-state index in [-0.39, 0.29) is 10.8 Å². The Morgan fingerprint density at radius 2 is 1.50 bits per heavy atom. The summed E-state index contributed by atoms with van der Waals surface area (Å²) in [5.74, 6) is 0.784. The van der Waals surface area contributed by atoms with E-state index in [1.54, 1.807) is 0 Å². The van der Waals surface area contributed by atoms with Crippen molar-refractivity contribution in [2.24, 2.45) is 16.7 Å². The summed E-state index contributed by atoms with van der Waals surface area (Å²) in [6, 6.07) is 8.58. The van der Waals surface area contributed by atoms with Crippen molar-refractivity contribution in [3.63, 3.8) is 0 Å². The first-order valence-corrected chi connectivity index (χ1v) is 13.3. The molecule has 0 heterocycles. The number of Topliss-reactive ketones (excluding diaryl/α,β-unsaturated/α-hetero) is 1. The van der Waals surface area contributed by atoms with Crippen LogP contribution in [0.15, 0.2) is 29.8 Å². The molecule has 2 nitrogen and oxygen atoms in total. The maximum atomic E-state index is 13.0. The van der Waals surface area contributed by atoms with Crippen LogP contribution in [0.25, 0.3) is 6.08 Å². The number of unbranched alkanes of at least 4 members (excludes halogenated alkanes) is 9. The average molecular weight is 439 g/mol. The predicted molar refractivity (Wildman–Crippen MR) is 136 cm³/mol. The zero-order valence-corrected chi connectivity index (χ0v) is 21.2. The molecule has 2 heteroatoms. The topological polar surface area (TPSA) is 26.3 Å². The van der Waals surface area contributed by atoms with Crippen molar-refractivity contribution < 1.29 is 9.53 Å². The Morgan fingerprint density at radius 3 is 2.06 bits per heavy atom. The highest BCUT2D eigenvalue weighted by Gasteiger charge is 2.63. The number of hydrogen-bond donors (Lipinski definition) is 0. The Balaban J connectivity index is 1.32. The second kappa shape index (κ2) is 11.6. The largest absolute Gasteiger partial charge is 0.377 e. The van der Waals surface area contributed by atoms with Crippen molar-refractivity contribution in [2.45, 2.75) is 111 Å². The van der Waals surface area contributed by atoms with Crippen LogP contribution in [-0.4, -0.2) is 12.4 Å². The molecule has 0 aliphatic heterocycles. The van der Waals surface area contributed by atoms with E-state index in [1.165, 1.54) is 63.4 Å². The quantitative estimate of drug-likeness (QED) is 0.215. The van der Waals surface area contributed by atoms with Gasteiger partial charge in [-0.1, -0.05) is 110 Å². The molecular formula is C30H46O2. The Labute approximate surface area is 197 Å². The third-order valence-corrected chi connectivity index (χ3v) is 8.58. The normalized spacial score (nSPS) is 25.2. The lowest BCUT2D eigenvalue weighted by molar-refractivity contribution is -0.125. The number of allylic oxidation sites excluding steroid dienone is 1. The first-order valence-electron chi connectivity index (χ1n) is 13.3. The van der Waals surface area contributed by atoms with Gasteiger partial charge in [-0.05, 0) is 53.4 Å². The second-order valence-corrected chi connectivity index (χ2v) is 11.1. The van der Waals surface area contributed by atoms with Gasteiger partial charge >= 0.3 is 0 Å². The summed E-state index contributed by atoms with van der Waals surface area (Å²) in [6.45, 7) is 10.5. The van der Waals surface area contributed by atoms with E-state index in [4.69, 9.17) is 4.74 Å². The van der Waals surface area contributed by atoms with E-state index >= 15 is 0 Å². The molecule has 0 spiro atoms. The third kappa shape index (κ3) is 5.74. The lowest BCUT2D eigenvalue weighted by Gasteiger charge is -2.31. The van der Waals surface area contributed by atoms with Crippen molar-refractivity contribution in [3.8, 4) is 0 Å². The maximum Gasteiger partial charge on any atom is 0.165 e. The van der Waals surface area contributed by atoms with E-state index in [9.17, 15) is 4.79 Å². The van der Waals surface area contributed by atoms with Gasteiger partial charge in [0.2, 0.25) is 0 Å². The van der Waals surface area contributed by atoms with Crippen molar-refractivity contribution >= 4 is 11.9 Å². The van der Waals surface area contributed by atoms with Crippen LogP contribution < -0.4 is 0 Å². The molecule has 1 aromatic rings. The molecule has 2 aliphatic rings. The molecule has 0 saturated heterocycles. The molecule has 0 amide bonds. The number of rotatable bonds is 14. The van der Waals surface area contributed by atoms with Gasteiger partial charge in [-0.2, -0.15) is 0 Å². The van der Waals surface area contributed by atoms with Crippen molar-refractivity contribution in [1.82, 2.24) is 0 Å². The highest BCUT2D eigenvalue weighted by molar-refractivity contribution is 6.07. The maximum absolute atomic E-state index is 13.0. The van der Waals surface area contributed by atoms with Crippen LogP contribution in [0.4, 0.5) is 0 Å². The fraction of sp³-hybridized carbons (Fsp3) is 0.700. The molecule has 2 unspecified atom stereocenters. The van der Waals surface area contributed by atoms with Crippen LogP contribution >= 0.6 is 0 Å². The molecule has 32 heavy (non-hydrogen) atoms. The SMILES string of the molecule is CCCCCCCCCCCCOCc1ccc(/C=C2\C(=O)C3(C)CCC2C3(C)C)cc1. The minimum absolute atomic E-state index is 0.0817. The van der Waals surface area contributed by atoms with Gasteiger partial charge in [-0.3, -0.25) is 4.79 Å². The van der Waals surface area contributed by atoms with E-state index in [1.807, 2.05) is 0 Å². The number of carbonyl (C=O) groups excluding carboxylic acids is 1. The van der Waals surface area contributed by atoms with Crippen molar-refractivity contribution in [3.05, 3.63) is 41.0 Å². The number of ketones is 1. The Morgan fingerprint density at radius 1 is 0.906 bits per heavy atom. The van der Waals surface area contributed by atoms with E-state index in [0.29, 0.717) is 18.3 Å². The van der Waals surface area contributed by atoms with Gasteiger partial charge < -0.3 is 4.74 Å². The molecule has 0 N–H and O–H groups in total. The molecule has 0 radical (unpaired) electrons. The fourth-order valence-corrected chi connectivity index (χ4v) is 5.87. The highest BCUT2D eigenvalue weighted by Crippen LogP contribution is 2.65. The summed E-state index contributed by atoms with van der Waals surface area (Å²) < 4.78 is 5.89. The van der Waals surface area contributed by atoms with Crippen LogP contribution in [0, 0.1) is 16.7 Å². The Hall–Kier alpha value is -1.41. The number of carbonyl (C=O) groups is 1. The fourth-order valence-electron chi connectivity index (χ4n) is 5.87.